The maximum Gasteiger partial charge on any atom is 0.130 e. The van der Waals surface area contributed by atoms with Crippen LogP contribution in [0.5, 0.6) is 0 Å². The fraction of sp³-hybridized carbons (Fsp3) is 0.273. The second-order valence-electron chi connectivity index (χ2n) is 3.12. The highest BCUT2D eigenvalue weighted by atomic mass is 19.1. The standard InChI is InChI=1S/C11H13F/c1-9(2)7-8-10-5-3-4-6-11(10)12/h3-9H,1-2H3. The molecule has 0 N–H and O–H groups in total. The Balaban J connectivity index is 2.82. The van der Waals surface area contributed by atoms with Crippen LogP contribution >= 0.6 is 0 Å². The summed E-state index contributed by atoms with van der Waals surface area (Å²) in [5.41, 5.74) is 0.659. The largest absolute Gasteiger partial charge is 0.206 e. The van der Waals surface area contributed by atoms with E-state index in [0.29, 0.717) is 11.5 Å². The topological polar surface area (TPSA) is 0 Å². The molecule has 1 rings (SSSR count). The molecule has 0 amide bonds. The Bertz CT molecular complexity index is 274. The molecule has 0 unspecified atom stereocenters. The Morgan fingerprint density at radius 1 is 1.25 bits per heavy atom. The third-order valence-corrected chi connectivity index (χ3v) is 1.57. The van der Waals surface area contributed by atoms with Crippen LogP contribution in [0.2, 0.25) is 0 Å². The van der Waals surface area contributed by atoms with E-state index in [4.69, 9.17) is 0 Å². The summed E-state index contributed by atoms with van der Waals surface area (Å²) in [6, 6.07) is 6.78. The second kappa shape index (κ2) is 4.05. The van der Waals surface area contributed by atoms with E-state index in [0.717, 1.165) is 0 Å². The zero-order chi connectivity index (χ0) is 8.97. The summed E-state index contributed by atoms with van der Waals surface area (Å²) in [7, 11) is 0. The van der Waals surface area contributed by atoms with Gasteiger partial charge in [-0.25, -0.2) is 4.39 Å². The summed E-state index contributed by atoms with van der Waals surface area (Å²) < 4.78 is 13.0. The van der Waals surface area contributed by atoms with Gasteiger partial charge >= 0.3 is 0 Å². The first-order chi connectivity index (χ1) is 5.70. The number of hydrogen-bond donors (Lipinski definition) is 0. The smallest absolute Gasteiger partial charge is 0.130 e. The SMILES string of the molecule is CC(C)C=Cc1ccccc1F. The highest BCUT2D eigenvalue weighted by molar-refractivity contribution is 5.49. The van der Waals surface area contributed by atoms with Gasteiger partial charge in [-0.15, -0.1) is 0 Å². The van der Waals surface area contributed by atoms with Crippen molar-refractivity contribution in [3.8, 4) is 0 Å². The molecule has 1 heteroatoms. The molecule has 0 heterocycles. The van der Waals surface area contributed by atoms with Crippen molar-refractivity contribution in [3.05, 3.63) is 41.7 Å². The Morgan fingerprint density at radius 3 is 2.50 bits per heavy atom. The Kier molecular flexibility index (Phi) is 3.03. The van der Waals surface area contributed by atoms with Gasteiger partial charge < -0.3 is 0 Å². The average Bonchev–Trinajstić information content (AvgIpc) is 2.03. The van der Waals surface area contributed by atoms with Crippen molar-refractivity contribution >= 4 is 6.08 Å². The van der Waals surface area contributed by atoms with E-state index in [1.165, 1.54) is 6.07 Å². The maximum atomic E-state index is 13.0. The van der Waals surface area contributed by atoms with Gasteiger partial charge in [0.15, 0.2) is 0 Å². The van der Waals surface area contributed by atoms with E-state index in [1.54, 1.807) is 12.1 Å². The average molecular weight is 164 g/mol. The first kappa shape index (κ1) is 8.98. The van der Waals surface area contributed by atoms with Crippen LogP contribution in [0.25, 0.3) is 6.08 Å². The van der Waals surface area contributed by atoms with Gasteiger partial charge in [-0.2, -0.15) is 0 Å². The first-order valence-corrected chi connectivity index (χ1v) is 4.13. The summed E-state index contributed by atoms with van der Waals surface area (Å²) in [5.74, 6) is 0.305. The molecule has 0 aliphatic carbocycles. The van der Waals surface area contributed by atoms with Crippen LogP contribution < -0.4 is 0 Å². The van der Waals surface area contributed by atoms with Crippen molar-refractivity contribution in [2.24, 2.45) is 5.92 Å². The van der Waals surface area contributed by atoms with Crippen molar-refractivity contribution in [2.45, 2.75) is 13.8 Å². The number of allylic oxidation sites excluding steroid dienone is 1. The Morgan fingerprint density at radius 2 is 1.92 bits per heavy atom. The number of hydrogen-bond acceptors (Lipinski definition) is 0. The minimum Gasteiger partial charge on any atom is -0.206 e. The van der Waals surface area contributed by atoms with Crippen molar-refractivity contribution in [1.29, 1.82) is 0 Å². The van der Waals surface area contributed by atoms with Gasteiger partial charge in [0.1, 0.15) is 5.82 Å². The zero-order valence-electron chi connectivity index (χ0n) is 7.42. The molecule has 0 nitrogen and oxygen atoms in total. The van der Waals surface area contributed by atoms with Gasteiger partial charge in [-0.3, -0.25) is 0 Å². The van der Waals surface area contributed by atoms with Gasteiger partial charge in [0.2, 0.25) is 0 Å². The summed E-state index contributed by atoms with van der Waals surface area (Å²) >= 11 is 0. The van der Waals surface area contributed by atoms with Gasteiger partial charge in [-0.1, -0.05) is 44.2 Å². The predicted molar refractivity (Wildman–Crippen MR) is 50.3 cm³/mol. The number of halogens is 1. The molecule has 0 spiro atoms. The van der Waals surface area contributed by atoms with E-state index < -0.39 is 0 Å². The fourth-order valence-electron chi connectivity index (χ4n) is 0.906. The van der Waals surface area contributed by atoms with Crippen molar-refractivity contribution < 1.29 is 4.39 Å². The molecule has 12 heavy (non-hydrogen) atoms. The number of benzene rings is 1. The molecular formula is C11H13F. The number of rotatable bonds is 2. The molecule has 0 aromatic heterocycles. The highest BCUT2D eigenvalue weighted by Gasteiger charge is 1.94. The molecule has 0 radical (unpaired) electrons. The van der Waals surface area contributed by atoms with E-state index in [2.05, 4.69) is 13.8 Å². The van der Waals surface area contributed by atoms with Gasteiger partial charge in [0, 0.05) is 5.56 Å². The molecule has 0 aliphatic rings. The highest BCUT2D eigenvalue weighted by Crippen LogP contribution is 2.09. The second-order valence-corrected chi connectivity index (χ2v) is 3.12. The first-order valence-electron chi connectivity index (χ1n) is 4.13. The third kappa shape index (κ3) is 2.50. The van der Waals surface area contributed by atoms with Crippen LogP contribution in [0.3, 0.4) is 0 Å². The lowest BCUT2D eigenvalue weighted by Gasteiger charge is -1.96. The van der Waals surface area contributed by atoms with Crippen molar-refractivity contribution in [3.63, 3.8) is 0 Å². The molecule has 1 aromatic carbocycles. The van der Waals surface area contributed by atoms with Crippen LogP contribution in [0.1, 0.15) is 19.4 Å². The van der Waals surface area contributed by atoms with Gasteiger partial charge in [0.05, 0.1) is 0 Å². The van der Waals surface area contributed by atoms with E-state index in [-0.39, 0.29) is 5.82 Å². The minimum absolute atomic E-state index is 0.158. The molecule has 64 valence electrons. The van der Waals surface area contributed by atoms with Gasteiger partial charge in [0.25, 0.3) is 0 Å². The van der Waals surface area contributed by atoms with E-state index >= 15 is 0 Å². The third-order valence-electron chi connectivity index (χ3n) is 1.57. The summed E-state index contributed by atoms with van der Waals surface area (Å²) in [5, 5.41) is 0. The van der Waals surface area contributed by atoms with Crippen LogP contribution in [0.15, 0.2) is 30.3 Å². The lowest BCUT2D eigenvalue weighted by Crippen LogP contribution is -1.81. The molecule has 0 saturated carbocycles. The molecule has 0 aliphatic heterocycles. The predicted octanol–water partition coefficient (Wildman–Crippen LogP) is 3.49. The molecule has 1 aromatic rings. The van der Waals surface area contributed by atoms with Crippen LogP contribution in [0, 0.1) is 11.7 Å². The Labute approximate surface area is 72.7 Å². The lowest BCUT2D eigenvalue weighted by molar-refractivity contribution is 0.625. The Hall–Kier alpha value is -1.11. The van der Waals surface area contributed by atoms with Crippen LogP contribution in [-0.2, 0) is 0 Å². The van der Waals surface area contributed by atoms with Crippen LogP contribution in [0.4, 0.5) is 4.39 Å². The van der Waals surface area contributed by atoms with Crippen molar-refractivity contribution in [1.82, 2.24) is 0 Å². The normalized spacial score (nSPS) is 11.3. The van der Waals surface area contributed by atoms with Gasteiger partial charge in [-0.05, 0) is 12.0 Å². The molecule has 0 bridgehead atoms. The molecule has 0 atom stereocenters. The molecule has 0 fully saturated rings. The van der Waals surface area contributed by atoms with Crippen LogP contribution in [-0.4, -0.2) is 0 Å². The maximum absolute atomic E-state index is 13.0. The molecular weight excluding hydrogens is 151 g/mol. The summed E-state index contributed by atoms with van der Waals surface area (Å²) in [4.78, 5) is 0. The molecule has 0 saturated heterocycles. The lowest BCUT2D eigenvalue weighted by atomic mass is 10.1. The van der Waals surface area contributed by atoms with Crippen molar-refractivity contribution in [2.75, 3.05) is 0 Å². The monoisotopic (exact) mass is 164 g/mol. The zero-order valence-corrected chi connectivity index (χ0v) is 7.42. The fourth-order valence-corrected chi connectivity index (χ4v) is 0.906. The quantitative estimate of drug-likeness (QED) is 0.627. The van der Waals surface area contributed by atoms with E-state index in [1.807, 2.05) is 18.2 Å². The summed E-state index contributed by atoms with van der Waals surface area (Å²) in [6.07, 6.45) is 3.80. The van der Waals surface area contributed by atoms with E-state index in [9.17, 15) is 4.39 Å². The minimum atomic E-state index is -0.158. The summed E-state index contributed by atoms with van der Waals surface area (Å²) in [6.45, 7) is 4.13.